The number of aliphatic hydroxyl groups is 1. The number of para-hydroxylation sites is 1. The lowest BCUT2D eigenvalue weighted by molar-refractivity contribution is -0.139. The molecule has 0 heterocycles. The number of benzene rings is 1. The topological polar surface area (TPSA) is 55.5 Å². The van der Waals surface area contributed by atoms with Crippen LogP contribution in [-0.4, -0.2) is 18.3 Å². The van der Waals surface area contributed by atoms with Crippen LogP contribution >= 0.6 is 0 Å². The molecule has 0 aliphatic rings. The van der Waals surface area contributed by atoms with Crippen LogP contribution in [0.5, 0.6) is 5.75 Å². The first-order valence-corrected chi connectivity index (χ1v) is 5.61. The zero-order valence-corrected chi connectivity index (χ0v) is 10.00. The van der Waals surface area contributed by atoms with Gasteiger partial charge in [0, 0.05) is 11.6 Å². The highest BCUT2D eigenvalue weighted by Gasteiger charge is 2.35. The largest absolute Gasteiger partial charge is 0.490 e. The first kappa shape index (κ1) is 14.8. The van der Waals surface area contributed by atoms with Crippen LogP contribution in [0.3, 0.4) is 0 Å². The Hall–Kier alpha value is -1.27. The summed E-state index contributed by atoms with van der Waals surface area (Å²) in [6.07, 6.45) is -4.01. The second kappa shape index (κ2) is 6.06. The Kier molecular flexibility index (Phi) is 4.98. The van der Waals surface area contributed by atoms with Crippen LogP contribution in [0.2, 0.25) is 0 Å². The van der Waals surface area contributed by atoms with E-state index in [2.05, 4.69) is 0 Å². The van der Waals surface area contributed by atoms with Gasteiger partial charge in [0.25, 0.3) is 0 Å². The summed E-state index contributed by atoms with van der Waals surface area (Å²) < 4.78 is 43.5. The van der Waals surface area contributed by atoms with E-state index in [1.165, 1.54) is 12.1 Å². The van der Waals surface area contributed by atoms with E-state index in [0.29, 0.717) is 12.0 Å². The van der Waals surface area contributed by atoms with Crippen molar-refractivity contribution in [2.75, 3.05) is 13.2 Å². The molecular weight excluding hydrogens is 247 g/mol. The molecule has 0 aliphatic carbocycles. The van der Waals surface area contributed by atoms with Gasteiger partial charge in [0.15, 0.2) is 0 Å². The third-order valence-electron chi connectivity index (χ3n) is 2.53. The molecule has 0 spiro atoms. The summed E-state index contributed by atoms with van der Waals surface area (Å²) in [5.74, 6) is -0.284. The van der Waals surface area contributed by atoms with Gasteiger partial charge in [-0.3, -0.25) is 0 Å². The number of aliphatic hydroxyl groups excluding tert-OH is 1. The van der Waals surface area contributed by atoms with Crippen molar-refractivity contribution in [3.63, 3.8) is 0 Å². The molecule has 0 aromatic heterocycles. The first-order valence-electron chi connectivity index (χ1n) is 5.61. The standard InChI is InChI=1S/C12H16F3NO2/c1-2-10(16)8-4-3-5-9(12(13,14)15)11(8)18-7-6-17/h3-5,10,17H,2,6-7,16H2,1H3/t10-/m1/s1. The molecule has 18 heavy (non-hydrogen) atoms. The average Bonchev–Trinajstić information content (AvgIpc) is 2.33. The highest BCUT2D eigenvalue weighted by Crippen LogP contribution is 2.40. The summed E-state index contributed by atoms with van der Waals surface area (Å²) in [5, 5.41) is 8.67. The molecule has 1 aromatic rings. The quantitative estimate of drug-likeness (QED) is 0.858. The molecule has 0 amide bonds. The number of hydrogen-bond donors (Lipinski definition) is 2. The van der Waals surface area contributed by atoms with Gasteiger partial charge in [-0.15, -0.1) is 0 Å². The fourth-order valence-electron chi connectivity index (χ4n) is 1.60. The Bertz CT molecular complexity index is 393. The Morgan fingerprint density at radius 1 is 1.39 bits per heavy atom. The number of hydrogen-bond acceptors (Lipinski definition) is 3. The molecule has 0 saturated carbocycles. The molecule has 3 nitrogen and oxygen atoms in total. The van der Waals surface area contributed by atoms with Gasteiger partial charge in [0.2, 0.25) is 0 Å². The van der Waals surface area contributed by atoms with Crippen molar-refractivity contribution in [3.8, 4) is 5.75 Å². The van der Waals surface area contributed by atoms with Gasteiger partial charge in [0.05, 0.1) is 12.2 Å². The van der Waals surface area contributed by atoms with Gasteiger partial charge in [-0.1, -0.05) is 19.1 Å². The number of rotatable bonds is 5. The lowest BCUT2D eigenvalue weighted by Gasteiger charge is -2.20. The van der Waals surface area contributed by atoms with E-state index in [1.54, 1.807) is 6.92 Å². The lowest BCUT2D eigenvalue weighted by atomic mass is 10.0. The van der Waals surface area contributed by atoms with Gasteiger partial charge in [-0.05, 0) is 12.5 Å². The van der Waals surface area contributed by atoms with Crippen molar-refractivity contribution >= 4 is 0 Å². The van der Waals surface area contributed by atoms with Gasteiger partial charge in [-0.25, -0.2) is 0 Å². The van der Waals surface area contributed by atoms with Crippen LogP contribution in [-0.2, 0) is 6.18 Å². The molecule has 0 bridgehead atoms. The minimum absolute atomic E-state index is 0.198. The Morgan fingerprint density at radius 2 is 2.06 bits per heavy atom. The number of alkyl halides is 3. The van der Waals surface area contributed by atoms with Crippen molar-refractivity contribution in [2.24, 2.45) is 5.73 Å². The van der Waals surface area contributed by atoms with Crippen LogP contribution in [0.1, 0.15) is 30.5 Å². The van der Waals surface area contributed by atoms with Crippen LogP contribution < -0.4 is 10.5 Å². The Balaban J connectivity index is 3.25. The molecule has 0 unspecified atom stereocenters. The van der Waals surface area contributed by atoms with Gasteiger partial charge >= 0.3 is 6.18 Å². The highest BCUT2D eigenvalue weighted by atomic mass is 19.4. The second-order valence-electron chi connectivity index (χ2n) is 3.81. The third kappa shape index (κ3) is 3.36. The summed E-state index contributed by atoms with van der Waals surface area (Å²) in [7, 11) is 0. The second-order valence-corrected chi connectivity index (χ2v) is 3.81. The number of nitrogens with two attached hydrogens (primary N) is 1. The zero-order valence-electron chi connectivity index (χ0n) is 10.00. The summed E-state index contributed by atoms with van der Waals surface area (Å²) in [6, 6.07) is 3.23. The fraction of sp³-hybridized carbons (Fsp3) is 0.500. The van der Waals surface area contributed by atoms with Crippen LogP contribution in [0.4, 0.5) is 13.2 Å². The molecule has 6 heteroatoms. The molecule has 3 N–H and O–H groups in total. The van der Waals surface area contributed by atoms with E-state index in [9.17, 15) is 13.2 Å². The summed E-state index contributed by atoms with van der Waals surface area (Å²) in [5.41, 5.74) is 5.21. The number of halogens is 3. The van der Waals surface area contributed by atoms with E-state index in [1.807, 2.05) is 0 Å². The molecule has 0 radical (unpaired) electrons. The molecule has 0 saturated heterocycles. The van der Waals surface area contributed by atoms with E-state index in [4.69, 9.17) is 15.6 Å². The van der Waals surface area contributed by atoms with E-state index < -0.39 is 17.8 Å². The average molecular weight is 263 g/mol. The minimum atomic E-state index is -4.51. The van der Waals surface area contributed by atoms with Gasteiger partial charge < -0.3 is 15.6 Å². The third-order valence-corrected chi connectivity index (χ3v) is 2.53. The maximum absolute atomic E-state index is 12.8. The van der Waals surface area contributed by atoms with Crippen molar-refractivity contribution < 1.29 is 23.0 Å². The van der Waals surface area contributed by atoms with E-state index in [0.717, 1.165) is 6.07 Å². The first-order chi connectivity index (χ1) is 8.41. The van der Waals surface area contributed by atoms with Crippen molar-refractivity contribution in [1.29, 1.82) is 0 Å². The molecule has 1 rings (SSSR count). The maximum atomic E-state index is 12.8. The zero-order chi connectivity index (χ0) is 13.8. The van der Waals surface area contributed by atoms with Crippen LogP contribution in [0.15, 0.2) is 18.2 Å². The Morgan fingerprint density at radius 3 is 2.56 bits per heavy atom. The molecule has 1 aromatic carbocycles. The predicted octanol–water partition coefficient (Wildman–Crippen LogP) is 2.49. The van der Waals surface area contributed by atoms with Crippen LogP contribution in [0.25, 0.3) is 0 Å². The molecular formula is C12H16F3NO2. The lowest BCUT2D eigenvalue weighted by Crippen LogP contribution is -2.16. The predicted molar refractivity (Wildman–Crippen MR) is 61.2 cm³/mol. The maximum Gasteiger partial charge on any atom is 0.419 e. The van der Waals surface area contributed by atoms with Crippen molar-refractivity contribution in [3.05, 3.63) is 29.3 Å². The summed E-state index contributed by atoms with van der Waals surface area (Å²) in [4.78, 5) is 0. The van der Waals surface area contributed by atoms with E-state index in [-0.39, 0.29) is 19.0 Å². The molecule has 1 atom stereocenters. The molecule has 102 valence electrons. The van der Waals surface area contributed by atoms with E-state index >= 15 is 0 Å². The van der Waals surface area contributed by atoms with Gasteiger partial charge in [-0.2, -0.15) is 13.2 Å². The van der Waals surface area contributed by atoms with Gasteiger partial charge in [0.1, 0.15) is 12.4 Å². The van der Waals surface area contributed by atoms with Crippen molar-refractivity contribution in [1.82, 2.24) is 0 Å². The van der Waals surface area contributed by atoms with Crippen molar-refractivity contribution in [2.45, 2.75) is 25.6 Å². The summed E-state index contributed by atoms with van der Waals surface area (Å²) >= 11 is 0. The monoisotopic (exact) mass is 263 g/mol. The summed E-state index contributed by atoms with van der Waals surface area (Å²) in [6.45, 7) is 1.23. The smallest absolute Gasteiger partial charge is 0.419 e. The minimum Gasteiger partial charge on any atom is -0.490 e. The normalized spacial score (nSPS) is 13.4. The van der Waals surface area contributed by atoms with Crippen LogP contribution in [0, 0.1) is 0 Å². The molecule has 0 fully saturated rings. The molecule has 0 aliphatic heterocycles. The SMILES string of the molecule is CC[C@@H](N)c1cccc(C(F)(F)F)c1OCCO. The highest BCUT2D eigenvalue weighted by molar-refractivity contribution is 5.44. The Labute approximate surface area is 103 Å². The number of ether oxygens (including phenoxy) is 1. The fourth-order valence-corrected chi connectivity index (χ4v) is 1.60.